The Morgan fingerprint density at radius 3 is 2.47 bits per heavy atom. The van der Waals surface area contributed by atoms with E-state index in [0.29, 0.717) is 25.5 Å². The number of hydrogen-bond donors (Lipinski definition) is 4. The lowest BCUT2D eigenvalue weighted by atomic mass is 9.95. The molecule has 3 atom stereocenters. The fraction of sp³-hybridized carbons (Fsp3) is 0.478. The molecule has 182 valence electrons. The summed E-state index contributed by atoms with van der Waals surface area (Å²) in [6, 6.07) is 1.21. The van der Waals surface area contributed by atoms with Crippen LogP contribution in [0.4, 0.5) is 8.78 Å². The molecule has 0 radical (unpaired) electrons. The monoisotopic (exact) mass is 494 g/mol. The molecule has 0 unspecified atom stereocenters. The Morgan fingerprint density at radius 1 is 1.06 bits per heavy atom. The summed E-state index contributed by atoms with van der Waals surface area (Å²) in [7, 11) is 0. The zero-order valence-electron chi connectivity index (χ0n) is 18.3. The Bertz CT molecular complexity index is 1130. The first-order valence-corrected chi connectivity index (χ1v) is 11.7. The van der Waals surface area contributed by atoms with Gasteiger partial charge >= 0.3 is 0 Å². The van der Waals surface area contributed by atoms with Crippen LogP contribution in [-0.4, -0.2) is 53.0 Å². The Balaban J connectivity index is 1.48. The van der Waals surface area contributed by atoms with E-state index in [9.17, 15) is 28.0 Å². The van der Waals surface area contributed by atoms with Crippen LogP contribution in [0.1, 0.15) is 42.6 Å². The van der Waals surface area contributed by atoms with Crippen molar-refractivity contribution in [1.82, 2.24) is 20.9 Å². The Kier molecular flexibility index (Phi) is 7.16. The Labute approximate surface area is 199 Å². The van der Waals surface area contributed by atoms with E-state index in [1.54, 1.807) is 0 Å². The molecule has 1 saturated heterocycles. The summed E-state index contributed by atoms with van der Waals surface area (Å²) in [6.07, 6.45) is 2.89. The van der Waals surface area contributed by atoms with Crippen LogP contribution < -0.4 is 16.0 Å². The van der Waals surface area contributed by atoms with E-state index in [4.69, 9.17) is 11.6 Å². The third kappa shape index (κ3) is 5.55. The van der Waals surface area contributed by atoms with Crippen molar-refractivity contribution in [3.63, 3.8) is 0 Å². The summed E-state index contributed by atoms with van der Waals surface area (Å²) in [5, 5.41) is 8.19. The number of halogens is 3. The minimum atomic E-state index is -0.956. The van der Waals surface area contributed by atoms with Crippen LogP contribution >= 0.6 is 11.6 Å². The topological polar surface area (TPSA) is 120 Å². The number of rotatable bonds is 10. The molecule has 1 saturated carbocycles. The maximum Gasteiger partial charge on any atom is 0.268 e. The lowest BCUT2D eigenvalue weighted by molar-refractivity contribution is -0.129. The van der Waals surface area contributed by atoms with E-state index < -0.39 is 47.2 Å². The zero-order chi connectivity index (χ0) is 24.4. The number of nitrogens with one attached hydrogen (secondary N) is 4. The molecule has 1 aliphatic heterocycles. The van der Waals surface area contributed by atoms with Crippen molar-refractivity contribution in [2.75, 3.05) is 12.4 Å². The lowest BCUT2D eigenvalue weighted by Gasteiger charge is -2.23. The number of carbonyl (C=O) groups is 4. The van der Waals surface area contributed by atoms with Crippen LogP contribution in [0, 0.1) is 23.5 Å². The van der Waals surface area contributed by atoms with Gasteiger partial charge in [-0.1, -0.05) is 12.8 Å². The summed E-state index contributed by atoms with van der Waals surface area (Å²) in [6.45, 7) is 0.509. The smallest absolute Gasteiger partial charge is 0.268 e. The van der Waals surface area contributed by atoms with E-state index in [1.807, 2.05) is 0 Å². The van der Waals surface area contributed by atoms with Crippen molar-refractivity contribution >= 4 is 46.0 Å². The number of aromatic nitrogens is 1. The van der Waals surface area contributed by atoms with E-state index in [-0.39, 0.29) is 40.7 Å². The van der Waals surface area contributed by atoms with Gasteiger partial charge in [0.15, 0.2) is 5.78 Å². The van der Waals surface area contributed by atoms with Crippen LogP contribution in [0.3, 0.4) is 0 Å². The first kappa shape index (κ1) is 24.1. The molecule has 8 nitrogen and oxygen atoms in total. The first-order chi connectivity index (χ1) is 16.2. The van der Waals surface area contributed by atoms with Gasteiger partial charge in [-0.2, -0.15) is 0 Å². The molecule has 0 spiro atoms. The minimum Gasteiger partial charge on any atom is -0.356 e. The number of Topliss-reactive ketones (excluding diaryl/α,β-unsaturated/α-hetero) is 1. The predicted molar refractivity (Wildman–Crippen MR) is 120 cm³/mol. The molecular weight excluding hydrogens is 470 g/mol. The van der Waals surface area contributed by atoms with Crippen molar-refractivity contribution in [2.24, 2.45) is 11.8 Å². The maximum absolute atomic E-state index is 14.0. The van der Waals surface area contributed by atoms with Crippen LogP contribution in [0.5, 0.6) is 0 Å². The number of amides is 3. The highest BCUT2D eigenvalue weighted by atomic mass is 35.5. The minimum absolute atomic E-state index is 0.0163. The average Bonchev–Trinajstić information content (AvgIpc) is 3.36. The number of carbonyl (C=O) groups excluding carboxylic acids is 4. The second-order valence-corrected chi connectivity index (χ2v) is 9.18. The fourth-order valence-corrected chi connectivity index (χ4v) is 4.42. The standard InChI is InChI=1S/C23H25ClF2N4O4/c24-10-19(31)16(7-12-3-4-27-21(12)32)29-22(33)17(5-11-1-2-11)30-23(34)18-8-13-6-14(25)9-15(26)20(13)28-18/h6,8-9,11-12,16-17,28H,1-5,7,10H2,(H,27,32)(H,29,33)(H,30,34)/t12-,16-,17-/m0/s1. The quantitative estimate of drug-likeness (QED) is 0.378. The van der Waals surface area contributed by atoms with Crippen LogP contribution in [0.2, 0.25) is 0 Å². The second kappa shape index (κ2) is 10.1. The van der Waals surface area contributed by atoms with Gasteiger partial charge in [-0.05, 0) is 37.3 Å². The van der Waals surface area contributed by atoms with Crippen molar-refractivity contribution in [3.8, 4) is 0 Å². The van der Waals surface area contributed by atoms with Crippen LogP contribution in [-0.2, 0) is 14.4 Å². The molecule has 2 aromatic rings. The normalized spacial score (nSPS) is 19.5. The zero-order valence-corrected chi connectivity index (χ0v) is 19.0. The molecule has 4 rings (SSSR count). The summed E-state index contributed by atoms with van der Waals surface area (Å²) >= 11 is 5.72. The second-order valence-electron chi connectivity index (χ2n) is 8.91. The number of fused-ring (bicyclic) bond motifs is 1. The van der Waals surface area contributed by atoms with Gasteiger partial charge in [-0.25, -0.2) is 8.78 Å². The molecule has 2 fully saturated rings. The largest absolute Gasteiger partial charge is 0.356 e. The number of aromatic amines is 1. The molecule has 11 heteroatoms. The van der Waals surface area contributed by atoms with Gasteiger partial charge in [0, 0.05) is 23.9 Å². The van der Waals surface area contributed by atoms with Crippen molar-refractivity contribution in [2.45, 2.75) is 44.2 Å². The Hall–Kier alpha value is -3.01. The van der Waals surface area contributed by atoms with Gasteiger partial charge in [0.2, 0.25) is 11.8 Å². The molecule has 2 aliphatic rings. The fourth-order valence-electron chi connectivity index (χ4n) is 4.23. The summed E-state index contributed by atoms with van der Waals surface area (Å²) < 4.78 is 27.5. The highest BCUT2D eigenvalue weighted by Gasteiger charge is 2.35. The van der Waals surface area contributed by atoms with Gasteiger partial charge in [-0.3, -0.25) is 19.2 Å². The molecule has 4 N–H and O–H groups in total. The van der Waals surface area contributed by atoms with Gasteiger partial charge in [-0.15, -0.1) is 11.6 Å². The van der Waals surface area contributed by atoms with Crippen molar-refractivity contribution in [1.29, 1.82) is 0 Å². The Morgan fingerprint density at radius 2 is 1.82 bits per heavy atom. The highest BCUT2D eigenvalue weighted by Crippen LogP contribution is 2.33. The first-order valence-electron chi connectivity index (χ1n) is 11.2. The van der Waals surface area contributed by atoms with Crippen LogP contribution in [0.15, 0.2) is 18.2 Å². The van der Waals surface area contributed by atoms with Gasteiger partial charge in [0.1, 0.15) is 23.4 Å². The summed E-state index contributed by atoms with van der Waals surface area (Å²) in [5.41, 5.74) is -0.0403. The third-order valence-corrected chi connectivity index (χ3v) is 6.56. The van der Waals surface area contributed by atoms with E-state index in [2.05, 4.69) is 20.9 Å². The molecule has 1 aliphatic carbocycles. The summed E-state index contributed by atoms with van der Waals surface area (Å²) in [4.78, 5) is 52.9. The molecular formula is C23H25ClF2N4O4. The number of hydrogen-bond acceptors (Lipinski definition) is 4. The average molecular weight is 495 g/mol. The number of H-pyrrole nitrogens is 1. The lowest BCUT2D eigenvalue weighted by Crippen LogP contribution is -2.52. The van der Waals surface area contributed by atoms with Gasteiger partial charge < -0.3 is 20.9 Å². The number of benzene rings is 1. The molecule has 2 heterocycles. The maximum atomic E-state index is 14.0. The van der Waals surface area contributed by atoms with Crippen molar-refractivity contribution in [3.05, 3.63) is 35.5 Å². The van der Waals surface area contributed by atoms with E-state index in [0.717, 1.165) is 18.9 Å². The summed E-state index contributed by atoms with van der Waals surface area (Å²) in [5.74, 6) is -3.89. The number of alkyl halides is 1. The number of ketones is 1. The molecule has 34 heavy (non-hydrogen) atoms. The van der Waals surface area contributed by atoms with E-state index in [1.165, 1.54) is 6.07 Å². The van der Waals surface area contributed by atoms with Crippen molar-refractivity contribution < 1.29 is 28.0 Å². The SMILES string of the molecule is O=C(N[C@@H](CC1CC1)C(=O)N[C@@H](C[C@@H]1CCNC1=O)C(=O)CCl)c1cc2cc(F)cc(F)c2[nH]1. The van der Waals surface area contributed by atoms with Crippen LogP contribution in [0.25, 0.3) is 10.9 Å². The predicted octanol–water partition coefficient (Wildman–Crippen LogP) is 2.16. The van der Waals surface area contributed by atoms with Gasteiger partial charge in [0.05, 0.1) is 17.4 Å². The molecule has 3 amide bonds. The highest BCUT2D eigenvalue weighted by molar-refractivity contribution is 6.28. The van der Waals surface area contributed by atoms with Gasteiger partial charge in [0.25, 0.3) is 5.91 Å². The van der Waals surface area contributed by atoms with E-state index >= 15 is 0 Å². The molecule has 1 aromatic heterocycles. The molecule has 1 aromatic carbocycles. The molecule has 0 bridgehead atoms. The third-order valence-electron chi connectivity index (χ3n) is 6.30.